The molecule has 28 heavy (non-hydrogen) atoms. The normalized spacial score (nSPS) is 15.6. The minimum Gasteiger partial charge on any atom is -0.339 e. The molecule has 3 heterocycles. The predicted molar refractivity (Wildman–Crippen MR) is 109 cm³/mol. The van der Waals surface area contributed by atoms with Gasteiger partial charge in [-0.3, -0.25) is 14.0 Å². The van der Waals surface area contributed by atoms with Crippen molar-refractivity contribution in [2.45, 2.75) is 38.5 Å². The molecule has 144 valence electrons. The van der Waals surface area contributed by atoms with Gasteiger partial charge in [0.05, 0.1) is 6.20 Å². The molecule has 1 aliphatic rings. The Hall–Kier alpha value is -2.95. The number of hydrogen-bond donors (Lipinski definition) is 0. The fraction of sp³-hybridized carbons (Fsp3) is 0.348. The van der Waals surface area contributed by atoms with Crippen molar-refractivity contribution in [1.82, 2.24) is 14.3 Å². The van der Waals surface area contributed by atoms with E-state index in [4.69, 9.17) is 0 Å². The summed E-state index contributed by atoms with van der Waals surface area (Å²) in [6, 6.07) is 12.7. The molecule has 3 aromatic rings. The van der Waals surface area contributed by atoms with Gasteiger partial charge in [-0.15, -0.1) is 0 Å². The number of carbonyl (C=O) groups is 2. The van der Waals surface area contributed by atoms with E-state index in [0.29, 0.717) is 16.8 Å². The van der Waals surface area contributed by atoms with Gasteiger partial charge < -0.3 is 4.90 Å². The fourth-order valence-corrected chi connectivity index (χ4v) is 3.82. The number of benzene rings is 1. The highest BCUT2D eigenvalue weighted by molar-refractivity contribution is 6.08. The topological polar surface area (TPSA) is 54.7 Å². The van der Waals surface area contributed by atoms with Crippen molar-refractivity contribution in [2.75, 3.05) is 13.1 Å². The van der Waals surface area contributed by atoms with Crippen molar-refractivity contribution in [3.63, 3.8) is 0 Å². The number of amides is 1. The van der Waals surface area contributed by atoms with Crippen LogP contribution in [0.1, 0.15) is 64.9 Å². The van der Waals surface area contributed by atoms with Crippen molar-refractivity contribution in [3.05, 3.63) is 71.7 Å². The van der Waals surface area contributed by atoms with Gasteiger partial charge in [0.15, 0.2) is 0 Å². The Labute approximate surface area is 165 Å². The summed E-state index contributed by atoms with van der Waals surface area (Å²) in [5, 5.41) is 0. The molecule has 1 amide bonds. The second kappa shape index (κ2) is 8.38. The number of pyridine rings is 1. The molecule has 2 aromatic heterocycles. The van der Waals surface area contributed by atoms with E-state index in [1.165, 1.54) is 25.7 Å². The van der Waals surface area contributed by atoms with Crippen molar-refractivity contribution in [1.29, 1.82) is 0 Å². The maximum atomic E-state index is 12.9. The van der Waals surface area contributed by atoms with Crippen LogP contribution in [0.2, 0.25) is 0 Å². The zero-order chi connectivity index (χ0) is 19.3. The summed E-state index contributed by atoms with van der Waals surface area (Å²) in [5.41, 5.74) is 2.47. The number of fused-ring (bicyclic) bond motifs is 1. The van der Waals surface area contributed by atoms with Gasteiger partial charge in [-0.2, -0.15) is 0 Å². The molecule has 1 fully saturated rings. The van der Waals surface area contributed by atoms with Crippen molar-refractivity contribution < 1.29 is 9.59 Å². The van der Waals surface area contributed by atoms with Crippen molar-refractivity contribution in [3.8, 4) is 0 Å². The van der Waals surface area contributed by atoms with Gasteiger partial charge in [-0.05, 0) is 37.1 Å². The van der Waals surface area contributed by atoms with Gasteiger partial charge in [0, 0.05) is 30.4 Å². The standard InChI is InChI=1S/C23H25N3O2/c27-22(20-17-24-21-9-5-8-16-26(20)21)18-10-12-19(13-11-18)23(28)25-14-6-3-1-2-4-7-15-25/h5,8-13,16-17H,1-4,6-7,14-15H2. The van der Waals surface area contributed by atoms with Crippen molar-refractivity contribution in [2.24, 2.45) is 0 Å². The summed E-state index contributed by atoms with van der Waals surface area (Å²) < 4.78 is 1.78. The number of nitrogens with zero attached hydrogens (tertiary/aromatic N) is 3. The number of ketones is 1. The molecule has 0 spiro atoms. The lowest BCUT2D eigenvalue weighted by Crippen LogP contribution is -2.32. The van der Waals surface area contributed by atoms with Crippen LogP contribution in [0.25, 0.3) is 5.65 Å². The lowest BCUT2D eigenvalue weighted by molar-refractivity contribution is 0.0752. The third kappa shape index (κ3) is 3.84. The Kier molecular flexibility index (Phi) is 5.51. The van der Waals surface area contributed by atoms with Crippen LogP contribution in [0, 0.1) is 0 Å². The lowest BCUT2D eigenvalue weighted by atomic mass is 10.1. The molecule has 0 N–H and O–H groups in total. The molecule has 1 aromatic carbocycles. The minimum atomic E-state index is -0.0968. The first-order chi connectivity index (χ1) is 13.7. The van der Waals surface area contributed by atoms with E-state index in [1.54, 1.807) is 34.9 Å². The Morgan fingerprint density at radius 2 is 1.43 bits per heavy atom. The number of carbonyl (C=O) groups excluding carboxylic acids is 2. The molecule has 0 radical (unpaired) electrons. The van der Waals surface area contributed by atoms with Gasteiger partial charge in [-0.25, -0.2) is 4.98 Å². The summed E-state index contributed by atoms with van der Waals surface area (Å²) in [6.45, 7) is 1.64. The van der Waals surface area contributed by atoms with Crippen LogP contribution in [0.15, 0.2) is 54.9 Å². The molecule has 0 atom stereocenters. The van der Waals surface area contributed by atoms with E-state index in [2.05, 4.69) is 4.98 Å². The summed E-state index contributed by atoms with van der Waals surface area (Å²) >= 11 is 0. The summed E-state index contributed by atoms with van der Waals surface area (Å²) in [5.74, 6) is -0.0313. The second-order valence-corrected chi connectivity index (χ2v) is 7.39. The van der Waals surface area contributed by atoms with E-state index < -0.39 is 0 Å². The molecule has 4 rings (SSSR count). The molecule has 1 aliphatic heterocycles. The number of hydrogen-bond acceptors (Lipinski definition) is 3. The Morgan fingerprint density at radius 1 is 0.786 bits per heavy atom. The highest BCUT2D eigenvalue weighted by Gasteiger charge is 2.18. The third-order valence-electron chi connectivity index (χ3n) is 5.44. The first-order valence-electron chi connectivity index (χ1n) is 10.1. The summed E-state index contributed by atoms with van der Waals surface area (Å²) in [7, 11) is 0. The second-order valence-electron chi connectivity index (χ2n) is 7.39. The van der Waals surface area contributed by atoms with Gasteiger partial charge in [-0.1, -0.05) is 43.9 Å². The fourth-order valence-electron chi connectivity index (χ4n) is 3.82. The highest BCUT2D eigenvalue weighted by Crippen LogP contribution is 2.16. The third-order valence-corrected chi connectivity index (χ3v) is 5.44. The average molecular weight is 375 g/mol. The first-order valence-corrected chi connectivity index (χ1v) is 10.1. The van der Waals surface area contributed by atoms with Gasteiger partial charge in [0.2, 0.25) is 5.78 Å². The van der Waals surface area contributed by atoms with Gasteiger partial charge in [0.25, 0.3) is 5.91 Å². The van der Waals surface area contributed by atoms with Crippen LogP contribution < -0.4 is 0 Å². The maximum Gasteiger partial charge on any atom is 0.253 e. The summed E-state index contributed by atoms with van der Waals surface area (Å²) in [4.78, 5) is 32.0. The van der Waals surface area contributed by atoms with Crippen LogP contribution in [0.5, 0.6) is 0 Å². The Morgan fingerprint density at radius 3 is 2.14 bits per heavy atom. The molecular formula is C23H25N3O2. The molecule has 0 saturated carbocycles. The maximum absolute atomic E-state index is 12.9. The monoisotopic (exact) mass is 375 g/mol. The molecule has 0 bridgehead atoms. The van der Waals surface area contributed by atoms with Crippen LogP contribution in [0.4, 0.5) is 0 Å². The number of aromatic nitrogens is 2. The SMILES string of the molecule is O=C(c1ccc(C(=O)N2CCCCCCCC2)cc1)c1cnc2ccccn12. The number of rotatable bonds is 3. The lowest BCUT2D eigenvalue weighted by Gasteiger charge is -2.22. The highest BCUT2D eigenvalue weighted by atomic mass is 16.2. The van der Waals surface area contributed by atoms with E-state index in [0.717, 1.165) is 31.6 Å². The smallest absolute Gasteiger partial charge is 0.253 e. The Balaban J connectivity index is 1.51. The zero-order valence-electron chi connectivity index (χ0n) is 16.0. The predicted octanol–water partition coefficient (Wildman–Crippen LogP) is 4.36. The van der Waals surface area contributed by atoms with Crippen molar-refractivity contribution >= 4 is 17.3 Å². The zero-order valence-corrected chi connectivity index (χ0v) is 16.0. The average Bonchev–Trinajstić information content (AvgIpc) is 3.22. The van der Waals surface area contributed by atoms with Crippen LogP contribution in [-0.4, -0.2) is 39.1 Å². The molecule has 5 nitrogen and oxygen atoms in total. The molecule has 0 aliphatic carbocycles. The molecular weight excluding hydrogens is 350 g/mol. The first kappa shape index (κ1) is 18.4. The van der Waals surface area contributed by atoms with Crippen LogP contribution >= 0.6 is 0 Å². The van der Waals surface area contributed by atoms with E-state index in [9.17, 15) is 9.59 Å². The quantitative estimate of drug-likeness (QED) is 0.639. The van der Waals surface area contributed by atoms with Crippen LogP contribution in [-0.2, 0) is 0 Å². The van der Waals surface area contributed by atoms with E-state index in [-0.39, 0.29) is 11.7 Å². The molecule has 1 saturated heterocycles. The minimum absolute atomic E-state index is 0.0655. The number of imidazole rings is 1. The summed E-state index contributed by atoms with van der Waals surface area (Å²) in [6.07, 6.45) is 10.5. The van der Waals surface area contributed by atoms with Gasteiger partial charge >= 0.3 is 0 Å². The molecule has 5 heteroatoms. The largest absolute Gasteiger partial charge is 0.339 e. The van der Waals surface area contributed by atoms with E-state index in [1.807, 2.05) is 29.3 Å². The van der Waals surface area contributed by atoms with Gasteiger partial charge in [0.1, 0.15) is 11.3 Å². The molecule has 0 unspecified atom stereocenters. The Bertz CT molecular complexity index is 965. The van der Waals surface area contributed by atoms with E-state index >= 15 is 0 Å². The van der Waals surface area contributed by atoms with Crippen LogP contribution in [0.3, 0.4) is 0 Å².